The number of nitrogens with one attached hydrogen (secondary N) is 1. The number of hydrogen-bond donors (Lipinski definition) is 1. The van der Waals surface area contributed by atoms with Crippen LogP contribution < -0.4 is 5.32 Å². The van der Waals surface area contributed by atoms with Gasteiger partial charge in [-0.15, -0.1) is 0 Å². The van der Waals surface area contributed by atoms with Gasteiger partial charge in [0.1, 0.15) is 0 Å². The molecule has 3 rings (SSSR count). The molecule has 1 heterocycles. The van der Waals surface area contributed by atoms with E-state index in [0.717, 1.165) is 12.1 Å². The molecule has 1 aliphatic heterocycles. The minimum absolute atomic E-state index is 0.127. The average molecular weight is 253 g/mol. The highest BCUT2D eigenvalue weighted by Crippen LogP contribution is 2.49. The van der Waals surface area contributed by atoms with Crippen molar-refractivity contribution < 1.29 is 13.5 Å². The van der Waals surface area contributed by atoms with Crippen LogP contribution in [0.25, 0.3) is 0 Å². The summed E-state index contributed by atoms with van der Waals surface area (Å²) in [6.45, 7) is 2.14. The molecule has 1 saturated heterocycles. The summed E-state index contributed by atoms with van der Waals surface area (Å²) < 4.78 is 33.1. The predicted octanol–water partition coefficient (Wildman–Crippen LogP) is 2.85. The van der Waals surface area contributed by atoms with E-state index in [1.165, 1.54) is 0 Å². The molecule has 0 aromatic heterocycles. The Morgan fingerprint density at radius 1 is 1.17 bits per heavy atom. The zero-order chi connectivity index (χ0) is 12.6. The predicted molar refractivity (Wildman–Crippen MR) is 64.6 cm³/mol. The fourth-order valence-corrected chi connectivity index (χ4v) is 2.40. The van der Waals surface area contributed by atoms with Gasteiger partial charge in [0.2, 0.25) is 0 Å². The standard InChI is InChI=1S/C14H17F2NO/c15-14(16,12-5-6-12)11-3-1-10(2-4-11)13-9-18-8-7-17-13/h1-4,12-13,17H,5-9H2. The van der Waals surface area contributed by atoms with Crippen LogP contribution in [-0.4, -0.2) is 19.8 Å². The Kier molecular flexibility index (Phi) is 3.08. The topological polar surface area (TPSA) is 21.3 Å². The number of hydrogen-bond acceptors (Lipinski definition) is 2. The van der Waals surface area contributed by atoms with E-state index < -0.39 is 11.8 Å². The summed E-state index contributed by atoms with van der Waals surface area (Å²) >= 11 is 0. The van der Waals surface area contributed by atoms with Gasteiger partial charge in [0.05, 0.1) is 19.3 Å². The zero-order valence-corrected chi connectivity index (χ0v) is 10.2. The zero-order valence-electron chi connectivity index (χ0n) is 10.2. The van der Waals surface area contributed by atoms with Crippen LogP contribution >= 0.6 is 0 Å². The fourth-order valence-electron chi connectivity index (χ4n) is 2.40. The molecule has 0 amide bonds. The number of ether oxygens (including phenoxy) is 1. The van der Waals surface area contributed by atoms with E-state index in [2.05, 4.69) is 5.32 Å². The summed E-state index contributed by atoms with van der Waals surface area (Å²) in [7, 11) is 0. The van der Waals surface area contributed by atoms with Crippen LogP contribution in [0.3, 0.4) is 0 Å². The van der Waals surface area contributed by atoms with Gasteiger partial charge in [-0.1, -0.05) is 24.3 Å². The molecule has 0 bridgehead atoms. The van der Waals surface area contributed by atoms with E-state index in [1.54, 1.807) is 24.3 Å². The number of halogens is 2. The van der Waals surface area contributed by atoms with Gasteiger partial charge in [0.15, 0.2) is 0 Å². The molecule has 2 fully saturated rings. The Morgan fingerprint density at radius 3 is 2.44 bits per heavy atom. The number of morpholine rings is 1. The Bertz CT molecular complexity index is 408. The molecule has 0 spiro atoms. The Hall–Kier alpha value is -1.00. The normalized spacial score (nSPS) is 25.1. The summed E-state index contributed by atoms with van der Waals surface area (Å²) in [5, 5.41) is 3.32. The van der Waals surface area contributed by atoms with E-state index >= 15 is 0 Å². The first-order valence-corrected chi connectivity index (χ1v) is 6.47. The summed E-state index contributed by atoms with van der Waals surface area (Å²) in [4.78, 5) is 0. The molecule has 1 atom stereocenters. The minimum atomic E-state index is -2.66. The van der Waals surface area contributed by atoms with Crippen LogP contribution in [-0.2, 0) is 10.7 Å². The minimum Gasteiger partial charge on any atom is -0.378 e. The van der Waals surface area contributed by atoms with Crippen molar-refractivity contribution >= 4 is 0 Å². The largest absolute Gasteiger partial charge is 0.378 e. The highest BCUT2D eigenvalue weighted by Gasteiger charge is 2.47. The van der Waals surface area contributed by atoms with Crippen LogP contribution in [0, 0.1) is 5.92 Å². The second-order valence-corrected chi connectivity index (χ2v) is 5.10. The van der Waals surface area contributed by atoms with E-state index in [0.29, 0.717) is 26.1 Å². The van der Waals surface area contributed by atoms with Crippen LogP contribution in [0.1, 0.15) is 30.0 Å². The molecule has 1 aromatic rings. The summed E-state index contributed by atoms with van der Waals surface area (Å²) in [5.41, 5.74) is 1.16. The van der Waals surface area contributed by atoms with Crippen molar-refractivity contribution in [3.63, 3.8) is 0 Å². The molecular weight excluding hydrogens is 236 g/mol. The summed E-state index contributed by atoms with van der Waals surface area (Å²) in [6, 6.07) is 6.83. The van der Waals surface area contributed by atoms with Crippen molar-refractivity contribution in [3.8, 4) is 0 Å². The van der Waals surface area contributed by atoms with Gasteiger partial charge in [-0.05, 0) is 18.4 Å². The monoisotopic (exact) mass is 253 g/mol. The van der Waals surface area contributed by atoms with Gasteiger partial charge < -0.3 is 10.1 Å². The van der Waals surface area contributed by atoms with Crippen LogP contribution in [0.4, 0.5) is 8.78 Å². The van der Waals surface area contributed by atoms with Crippen molar-refractivity contribution in [2.75, 3.05) is 19.8 Å². The lowest BCUT2D eigenvalue weighted by Crippen LogP contribution is -2.34. The third-order valence-corrected chi connectivity index (χ3v) is 3.71. The Balaban J connectivity index is 1.75. The lowest BCUT2D eigenvalue weighted by molar-refractivity contribution is -0.0285. The van der Waals surface area contributed by atoms with E-state index in [4.69, 9.17) is 4.74 Å². The van der Waals surface area contributed by atoms with Crippen LogP contribution in [0.15, 0.2) is 24.3 Å². The summed E-state index contributed by atoms with van der Waals surface area (Å²) in [5.74, 6) is -3.10. The fraction of sp³-hybridized carbons (Fsp3) is 0.571. The molecule has 1 unspecified atom stereocenters. The second-order valence-electron chi connectivity index (χ2n) is 5.10. The molecule has 1 saturated carbocycles. The van der Waals surface area contributed by atoms with E-state index in [1.807, 2.05) is 0 Å². The van der Waals surface area contributed by atoms with Gasteiger partial charge in [0, 0.05) is 18.0 Å². The maximum atomic E-state index is 13.9. The van der Waals surface area contributed by atoms with Crippen molar-refractivity contribution in [2.24, 2.45) is 5.92 Å². The molecule has 0 radical (unpaired) electrons. The molecule has 1 aromatic carbocycles. The van der Waals surface area contributed by atoms with Crippen molar-refractivity contribution in [1.82, 2.24) is 5.32 Å². The molecule has 2 aliphatic rings. The quantitative estimate of drug-likeness (QED) is 0.894. The molecule has 4 heteroatoms. The lowest BCUT2D eigenvalue weighted by Gasteiger charge is -2.24. The average Bonchev–Trinajstić information content (AvgIpc) is 3.25. The first-order valence-electron chi connectivity index (χ1n) is 6.47. The van der Waals surface area contributed by atoms with E-state index in [9.17, 15) is 8.78 Å². The molecule has 1 N–H and O–H groups in total. The first kappa shape index (κ1) is 12.1. The highest BCUT2D eigenvalue weighted by atomic mass is 19.3. The molecule has 2 nitrogen and oxygen atoms in total. The third kappa shape index (κ3) is 2.27. The van der Waals surface area contributed by atoms with Gasteiger partial charge >= 0.3 is 0 Å². The SMILES string of the molecule is FC(F)(c1ccc(C2COCCN2)cc1)C1CC1. The van der Waals surface area contributed by atoms with Crippen LogP contribution in [0.2, 0.25) is 0 Å². The van der Waals surface area contributed by atoms with Crippen molar-refractivity contribution in [1.29, 1.82) is 0 Å². The van der Waals surface area contributed by atoms with Gasteiger partial charge in [-0.25, -0.2) is 8.78 Å². The van der Waals surface area contributed by atoms with Crippen molar-refractivity contribution in [2.45, 2.75) is 24.8 Å². The molecule has 18 heavy (non-hydrogen) atoms. The number of alkyl halides is 2. The lowest BCUT2D eigenvalue weighted by atomic mass is 9.99. The maximum absolute atomic E-state index is 13.9. The maximum Gasteiger partial charge on any atom is 0.276 e. The van der Waals surface area contributed by atoms with E-state index in [-0.39, 0.29) is 11.6 Å². The highest BCUT2D eigenvalue weighted by molar-refractivity contribution is 5.29. The Morgan fingerprint density at radius 2 is 1.89 bits per heavy atom. The Labute approximate surface area is 105 Å². The second kappa shape index (κ2) is 4.59. The molecule has 1 aliphatic carbocycles. The van der Waals surface area contributed by atoms with Crippen molar-refractivity contribution in [3.05, 3.63) is 35.4 Å². The van der Waals surface area contributed by atoms with Gasteiger partial charge in [-0.2, -0.15) is 0 Å². The third-order valence-electron chi connectivity index (χ3n) is 3.71. The molecular formula is C14H17F2NO. The van der Waals surface area contributed by atoms with Gasteiger partial charge in [0.25, 0.3) is 5.92 Å². The van der Waals surface area contributed by atoms with Gasteiger partial charge in [-0.3, -0.25) is 0 Å². The van der Waals surface area contributed by atoms with Crippen LogP contribution in [0.5, 0.6) is 0 Å². The number of rotatable bonds is 3. The molecule has 98 valence electrons. The smallest absolute Gasteiger partial charge is 0.276 e. The first-order chi connectivity index (χ1) is 8.68. The summed E-state index contributed by atoms with van der Waals surface area (Å²) in [6.07, 6.45) is 1.29. The number of benzene rings is 1.